The van der Waals surface area contributed by atoms with Gasteiger partial charge in [0.1, 0.15) is 17.4 Å². The van der Waals surface area contributed by atoms with E-state index < -0.39 is 17.5 Å². The van der Waals surface area contributed by atoms with Crippen molar-refractivity contribution < 1.29 is 18.3 Å². The fraction of sp³-hybridized carbons (Fsp3) is 0.316. The molecule has 0 unspecified atom stereocenters. The molecule has 132 valence electrons. The molecular formula is C19H20F2N2O2. The van der Waals surface area contributed by atoms with E-state index in [1.165, 1.54) is 31.4 Å². The summed E-state index contributed by atoms with van der Waals surface area (Å²) in [6.07, 6.45) is 1.64. The second-order valence-electron chi connectivity index (χ2n) is 6.04. The quantitative estimate of drug-likeness (QED) is 0.894. The molecule has 25 heavy (non-hydrogen) atoms. The number of piperidine rings is 1. The molecular weight excluding hydrogens is 326 g/mol. The number of amides is 1. The minimum absolute atomic E-state index is 0.0313. The van der Waals surface area contributed by atoms with Crippen molar-refractivity contribution in [2.45, 2.75) is 18.9 Å². The number of ether oxygens (including phenoxy) is 1. The summed E-state index contributed by atoms with van der Waals surface area (Å²) in [4.78, 5) is 12.3. The predicted octanol–water partition coefficient (Wildman–Crippen LogP) is 3.12. The van der Waals surface area contributed by atoms with Crippen LogP contribution in [0.3, 0.4) is 0 Å². The van der Waals surface area contributed by atoms with Gasteiger partial charge in [0.15, 0.2) is 0 Å². The lowest BCUT2D eigenvalue weighted by molar-refractivity contribution is 0.0925. The van der Waals surface area contributed by atoms with Crippen molar-refractivity contribution in [2.24, 2.45) is 0 Å². The van der Waals surface area contributed by atoms with Crippen molar-refractivity contribution in [2.75, 3.05) is 20.2 Å². The van der Waals surface area contributed by atoms with E-state index in [0.29, 0.717) is 11.3 Å². The molecule has 0 radical (unpaired) electrons. The molecule has 2 aromatic rings. The van der Waals surface area contributed by atoms with E-state index in [0.717, 1.165) is 25.9 Å². The van der Waals surface area contributed by atoms with E-state index in [1.807, 2.05) is 0 Å². The minimum Gasteiger partial charge on any atom is -0.497 e. The molecule has 4 nitrogen and oxygen atoms in total. The van der Waals surface area contributed by atoms with E-state index in [2.05, 4.69) is 10.6 Å². The third kappa shape index (κ3) is 3.96. The van der Waals surface area contributed by atoms with Crippen LogP contribution in [0.2, 0.25) is 0 Å². The number of halogens is 2. The molecule has 3 rings (SSSR count). The smallest absolute Gasteiger partial charge is 0.254 e. The van der Waals surface area contributed by atoms with E-state index in [4.69, 9.17) is 4.74 Å². The maximum Gasteiger partial charge on any atom is 0.254 e. The molecule has 2 aromatic carbocycles. The number of nitrogens with one attached hydrogen (secondary N) is 2. The second kappa shape index (κ2) is 7.61. The van der Waals surface area contributed by atoms with E-state index >= 15 is 0 Å². The van der Waals surface area contributed by atoms with Crippen LogP contribution in [0.5, 0.6) is 5.75 Å². The summed E-state index contributed by atoms with van der Waals surface area (Å²) in [5.41, 5.74) is 0.595. The summed E-state index contributed by atoms with van der Waals surface area (Å²) >= 11 is 0. The van der Waals surface area contributed by atoms with Crippen molar-refractivity contribution in [3.63, 3.8) is 0 Å². The van der Waals surface area contributed by atoms with Crippen molar-refractivity contribution in [1.82, 2.24) is 10.6 Å². The Bertz CT molecular complexity index is 774. The van der Waals surface area contributed by atoms with Crippen molar-refractivity contribution in [3.05, 3.63) is 53.6 Å². The van der Waals surface area contributed by atoms with Crippen LogP contribution in [-0.2, 0) is 0 Å². The Kier molecular flexibility index (Phi) is 5.28. The molecule has 1 heterocycles. The van der Waals surface area contributed by atoms with Gasteiger partial charge in [-0.2, -0.15) is 0 Å². The number of rotatable bonds is 4. The van der Waals surface area contributed by atoms with Gasteiger partial charge in [-0.1, -0.05) is 6.07 Å². The number of carbonyl (C=O) groups is 1. The zero-order valence-corrected chi connectivity index (χ0v) is 13.9. The van der Waals surface area contributed by atoms with Gasteiger partial charge in [-0.05, 0) is 55.8 Å². The third-order valence-corrected chi connectivity index (χ3v) is 4.38. The standard InChI is InChI=1S/C19H20F2N2O2/c1-25-14-3-5-15(18(21)11-14)12-2-4-16(17(20)10-12)19(24)23-13-6-8-22-9-7-13/h2-5,10-11,13,22H,6-9H2,1H3,(H,23,24). The fourth-order valence-corrected chi connectivity index (χ4v) is 2.95. The Morgan fingerprint density at radius 2 is 1.88 bits per heavy atom. The minimum atomic E-state index is -0.667. The first-order valence-corrected chi connectivity index (χ1v) is 8.23. The summed E-state index contributed by atoms with van der Waals surface area (Å²) in [5, 5.41) is 6.06. The Balaban J connectivity index is 1.79. The highest BCUT2D eigenvalue weighted by molar-refractivity contribution is 5.95. The maximum atomic E-state index is 14.4. The second-order valence-corrected chi connectivity index (χ2v) is 6.04. The van der Waals surface area contributed by atoms with Gasteiger partial charge in [0.25, 0.3) is 5.91 Å². The van der Waals surface area contributed by atoms with Gasteiger partial charge >= 0.3 is 0 Å². The number of methoxy groups -OCH3 is 1. The summed E-state index contributed by atoms with van der Waals surface area (Å²) < 4.78 is 33.5. The number of carbonyl (C=O) groups excluding carboxylic acids is 1. The topological polar surface area (TPSA) is 50.4 Å². The molecule has 0 aliphatic carbocycles. The highest BCUT2D eigenvalue weighted by Gasteiger charge is 2.19. The van der Waals surface area contributed by atoms with E-state index in [-0.39, 0.29) is 17.2 Å². The number of benzene rings is 2. The van der Waals surface area contributed by atoms with Crippen molar-refractivity contribution >= 4 is 5.91 Å². The molecule has 0 atom stereocenters. The molecule has 0 aromatic heterocycles. The molecule has 0 bridgehead atoms. The van der Waals surface area contributed by atoms with E-state index in [1.54, 1.807) is 12.1 Å². The molecule has 1 saturated heterocycles. The first-order valence-electron chi connectivity index (χ1n) is 8.23. The average Bonchev–Trinajstić information content (AvgIpc) is 2.62. The average molecular weight is 346 g/mol. The molecule has 1 amide bonds. The lowest BCUT2D eigenvalue weighted by Gasteiger charge is -2.23. The Morgan fingerprint density at radius 1 is 1.12 bits per heavy atom. The van der Waals surface area contributed by atoms with Crippen LogP contribution in [0, 0.1) is 11.6 Å². The van der Waals surface area contributed by atoms with Crippen molar-refractivity contribution in [3.8, 4) is 16.9 Å². The maximum absolute atomic E-state index is 14.4. The first kappa shape index (κ1) is 17.4. The Morgan fingerprint density at radius 3 is 2.52 bits per heavy atom. The van der Waals surface area contributed by atoms with Crippen molar-refractivity contribution in [1.29, 1.82) is 0 Å². The van der Waals surface area contributed by atoms with Crippen LogP contribution in [0.1, 0.15) is 23.2 Å². The predicted molar refractivity (Wildman–Crippen MR) is 91.7 cm³/mol. The van der Waals surface area contributed by atoms with E-state index in [9.17, 15) is 13.6 Å². The zero-order valence-electron chi connectivity index (χ0n) is 13.9. The lowest BCUT2D eigenvalue weighted by Crippen LogP contribution is -2.42. The van der Waals surface area contributed by atoms with Gasteiger partial charge in [-0.15, -0.1) is 0 Å². The lowest BCUT2D eigenvalue weighted by atomic mass is 10.0. The molecule has 1 aliphatic heterocycles. The molecule has 6 heteroatoms. The van der Waals surface area contributed by atoms with Crippen LogP contribution >= 0.6 is 0 Å². The van der Waals surface area contributed by atoms with Gasteiger partial charge in [-0.25, -0.2) is 8.78 Å². The zero-order chi connectivity index (χ0) is 17.8. The summed E-state index contributed by atoms with van der Waals surface area (Å²) in [7, 11) is 1.45. The summed E-state index contributed by atoms with van der Waals surface area (Å²) in [6.45, 7) is 1.67. The fourth-order valence-electron chi connectivity index (χ4n) is 2.95. The van der Waals surface area contributed by atoms with Gasteiger partial charge in [0.2, 0.25) is 0 Å². The van der Waals surface area contributed by atoms with Crippen LogP contribution in [0.25, 0.3) is 11.1 Å². The SMILES string of the molecule is COc1ccc(-c2ccc(C(=O)NC3CCNCC3)c(F)c2)c(F)c1. The molecule has 0 saturated carbocycles. The Hall–Kier alpha value is -2.47. The summed E-state index contributed by atoms with van der Waals surface area (Å²) in [5.74, 6) is -1.23. The van der Waals surface area contributed by atoms with Gasteiger partial charge in [-0.3, -0.25) is 4.79 Å². The van der Waals surface area contributed by atoms with Crippen LogP contribution in [0.4, 0.5) is 8.78 Å². The Labute approximate surface area is 145 Å². The molecule has 2 N–H and O–H groups in total. The van der Waals surface area contributed by atoms with Crippen LogP contribution < -0.4 is 15.4 Å². The molecule has 1 fully saturated rings. The molecule has 0 spiro atoms. The normalized spacial score (nSPS) is 15.0. The molecule has 1 aliphatic rings. The van der Waals surface area contributed by atoms with Gasteiger partial charge < -0.3 is 15.4 Å². The van der Waals surface area contributed by atoms with Crippen LogP contribution in [-0.4, -0.2) is 32.1 Å². The summed E-state index contributed by atoms with van der Waals surface area (Å²) in [6, 6.07) is 8.54. The number of hydrogen-bond acceptors (Lipinski definition) is 3. The number of hydrogen-bond donors (Lipinski definition) is 2. The highest BCUT2D eigenvalue weighted by atomic mass is 19.1. The van der Waals surface area contributed by atoms with Crippen LogP contribution in [0.15, 0.2) is 36.4 Å². The van der Waals surface area contributed by atoms with Gasteiger partial charge in [0, 0.05) is 17.7 Å². The largest absolute Gasteiger partial charge is 0.497 e. The van der Waals surface area contributed by atoms with Gasteiger partial charge in [0.05, 0.1) is 12.7 Å². The first-order chi connectivity index (χ1) is 12.1. The monoisotopic (exact) mass is 346 g/mol. The third-order valence-electron chi connectivity index (χ3n) is 4.38. The highest BCUT2D eigenvalue weighted by Crippen LogP contribution is 2.27.